The van der Waals surface area contributed by atoms with Crippen LogP contribution in [0.3, 0.4) is 0 Å². The third kappa shape index (κ3) is 4.72. The summed E-state index contributed by atoms with van der Waals surface area (Å²) in [6.07, 6.45) is 5.99. The topological polar surface area (TPSA) is 75.6 Å². The molecule has 11 heteroatoms. The van der Waals surface area contributed by atoms with Crippen LogP contribution in [0.2, 0.25) is 0 Å². The number of hydrogen-bond acceptors (Lipinski definition) is 9. The molecule has 8 nitrogen and oxygen atoms in total. The Morgan fingerprint density at radius 3 is 2.66 bits per heavy atom. The molecule has 41 heavy (non-hydrogen) atoms. The van der Waals surface area contributed by atoms with Crippen LogP contribution in [0.5, 0.6) is 6.01 Å². The Balaban J connectivity index is 1.19. The molecule has 2 unspecified atom stereocenters. The number of morpholine rings is 1. The third-order valence-corrected chi connectivity index (χ3v) is 9.92. The van der Waals surface area contributed by atoms with E-state index < -0.39 is 11.6 Å². The number of benzene rings is 2. The summed E-state index contributed by atoms with van der Waals surface area (Å²) in [6.45, 7) is 6.24. The quantitative estimate of drug-likeness (QED) is 0.341. The summed E-state index contributed by atoms with van der Waals surface area (Å²) >= 11 is 1.30. The molecular weight excluding hydrogens is 546 g/mol. The van der Waals surface area contributed by atoms with Crippen molar-refractivity contribution in [3.63, 3.8) is 0 Å². The van der Waals surface area contributed by atoms with Gasteiger partial charge in [0.2, 0.25) is 0 Å². The highest BCUT2D eigenvalue weighted by Gasteiger charge is 2.45. The molecule has 2 aromatic carbocycles. The second-order valence-electron chi connectivity index (χ2n) is 12.0. The highest BCUT2D eigenvalue weighted by Crippen LogP contribution is 2.47. The van der Waals surface area contributed by atoms with Gasteiger partial charge in [0.25, 0.3) is 0 Å². The van der Waals surface area contributed by atoms with Crippen LogP contribution in [0, 0.1) is 17.0 Å². The van der Waals surface area contributed by atoms with Crippen LogP contribution in [0.1, 0.15) is 25.7 Å². The summed E-state index contributed by atoms with van der Waals surface area (Å²) in [5.74, 6) is -0.784. The van der Waals surface area contributed by atoms with Gasteiger partial charge in [-0.05, 0) is 54.9 Å². The number of halogens is 2. The first-order valence-corrected chi connectivity index (χ1v) is 15.3. The van der Waals surface area contributed by atoms with E-state index in [1.54, 1.807) is 18.3 Å². The van der Waals surface area contributed by atoms with E-state index in [0.29, 0.717) is 35.5 Å². The van der Waals surface area contributed by atoms with Gasteiger partial charge in [-0.2, -0.15) is 14.3 Å². The van der Waals surface area contributed by atoms with E-state index in [4.69, 9.17) is 14.5 Å². The minimum Gasteiger partial charge on any atom is -0.463 e. The first-order chi connectivity index (χ1) is 20.1. The van der Waals surface area contributed by atoms with Gasteiger partial charge in [0, 0.05) is 67.2 Å². The van der Waals surface area contributed by atoms with E-state index >= 15 is 8.78 Å². The average molecular weight is 579 g/mol. The van der Waals surface area contributed by atoms with Gasteiger partial charge in [0.05, 0.1) is 30.1 Å². The van der Waals surface area contributed by atoms with Gasteiger partial charge in [0.1, 0.15) is 17.2 Å². The minimum absolute atomic E-state index is 0.0536. The van der Waals surface area contributed by atoms with Gasteiger partial charge >= 0.3 is 6.01 Å². The van der Waals surface area contributed by atoms with Crippen molar-refractivity contribution < 1.29 is 18.3 Å². The van der Waals surface area contributed by atoms with Gasteiger partial charge in [-0.25, -0.2) is 8.78 Å². The number of aromatic nitrogens is 3. The Labute approximate surface area is 240 Å². The van der Waals surface area contributed by atoms with E-state index in [-0.39, 0.29) is 22.5 Å². The molecule has 2 bridgehead atoms. The largest absolute Gasteiger partial charge is 0.463 e. The first-order valence-electron chi connectivity index (χ1n) is 14.5. The van der Waals surface area contributed by atoms with Crippen LogP contribution in [0.25, 0.3) is 32.1 Å². The monoisotopic (exact) mass is 578 g/mol. The molecule has 3 aliphatic heterocycles. The van der Waals surface area contributed by atoms with Crippen LogP contribution >= 0.6 is 11.5 Å². The molecule has 4 aliphatic rings. The second-order valence-corrected chi connectivity index (χ2v) is 12.9. The van der Waals surface area contributed by atoms with Crippen molar-refractivity contribution >= 4 is 38.3 Å². The zero-order valence-electron chi connectivity index (χ0n) is 22.7. The van der Waals surface area contributed by atoms with Gasteiger partial charge in [-0.15, -0.1) is 0 Å². The normalized spacial score (nSPS) is 23.9. The smallest absolute Gasteiger partial charge is 0.319 e. The molecule has 3 saturated heterocycles. The summed E-state index contributed by atoms with van der Waals surface area (Å²) in [7, 11) is 0. The number of fused-ring (bicyclic) bond motifs is 4. The third-order valence-electron chi connectivity index (χ3n) is 9.15. The van der Waals surface area contributed by atoms with E-state index in [2.05, 4.69) is 24.5 Å². The molecular formula is C30H32F2N6O2S. The first kappa shape index (κ1) is 25.7. The molecule has 0 amide bonds. The minimum atomic E-state index is -0.695. The fourth-order valence-corrected chi connectivity index (χ4v) is 7.44. The van der Waals surface area contributed by atoms with Gasteiger partial charge in [-0.1, -0.05) is 12.1 Å². The Morgan fingerprint density at radius 2 is 1.88 bits per heavy atom. The van der Waals surface area contributed by atoms with Crippen LogP contribution in [-0.4, -0.2) is 83.9 Å². The molecule has 4 aromatic rings. The number of nitrogens with zero attached hydrogens (tertiary/aromatic N) is 5. The Kier molecular flexibility index (Phi) is 6.32. The lowest BCUT2D eigenvalue weighted by molar-refractivity contribution is 0.0231. The Bertz CT molecular complexity index is 1610. The Hall–Kier alpha value is -2.99. The molecule has 1 N–H and O–H groups in total. The van der Waals surface area contributed by atoms with Crippen LogP contribution in [0.4, 0.5) is 14.6 Å². The number of ether oxygens (including phenoxy) is 2. The number of nitrogens with one attached hydrogen (secondary N) is 1. The van der Waals surface area contributed by atoms with Crippen molar-refractivity contribution in [2.24, 2.45) is 5.41 Å². The molecule has 0 radical (unpaired) electrons. The summed E-state index contributed by atoms with van der Waals surface area (Å²) < 4.78 is 49.3. The maximum atomic E-state index is 16.5. The second kappa shape index (κ2) is 10.1. The maximum Gasteiger partial charge on any atom is 0.319 e. The van der Waals surface area contributed by atoms with Crippen LogP contribution < -0.4 is 15.0 Å². The number of anilines is 1. The van der Waals surface area contributed by atoms with Crippen LogP contribution in [0.15, 0.2) is 30.5 Å². The lowest BCUT2D eigenvalue weighted by Crippen LogP contribution is -2.51. The van der Waals surface area contributed by atoms with Crippen molar-refractivity contribution in [2.45, 2.75) is 37.8 Å². The average Bonchev–Trinajstić information content (AvgIpc) is 3.41. The number of hydrogen-bond donors (Lipinski definition) is 1. The molecule has 5 heterocycles. The fraction of sp³-hybridized carbons (Fsp3) is 0.500. The van der Waals surface area contributed by atoms with E-state index in [1.165, 1.54) is 17.6 Å². The SMILES string of the molecule is Fc1cc2c(N3CC4CCC(C3)N4)nc(OCC3(CN4CCOCC4)CC3)nc2c(F)c1-c1cccc2sncc12. The summed E-state index contributed by atoms with van der Waals surface area (Å²) in [4.78, 5) is 14.0. The van der Waals surface area contributed by atoms with Crippen molar-refractivity contribution in [3.8, 4) is 17.1 Å². The van der Waals surface area contributed by atoms with Gasteiger partial charge < -0.3 is 19.7 Å². The van der Waals surface area contributed by atoms with E-state index in [9.17, 15) is 0 Å². The molecule has 1 saturated carbocycles. The van der Waals surface area contributed by atoms with Crippen molar-refractivity contribution in [2.75, 3.05) is 57.4 Å². The highest BCUT2D eigenvalue weighted by molar-refractivity contribution is 7.13. The molecule has 4 fully saturated rings. The van der Waals surface area contributed by atoms with Crippen molar-refractivity contribution in [1.82, 2.24) is 24.6 Å². The standard InChI is InChI=1S/C30H32F2N6O2S/c31-23-12-21-27(26(32)25(23)20-2-1-3-24-22(20)13-33-41-24)35-29(36-28(21)38-14-18-4-5-19(15-38)34-18)40-17-30(6-7-30)16-37-8-10-39-11-9-37/h1-3,12-13,18-19,34H,4-11,14-17H2. The summed E-state index contributed by atoms with van der Waals surface area (Å²) in [5, 5.41) is 4.73. The molecule has 8 rings (SSSR count). The van der Waals surface area contributed by atoms with Crippen molar-refractivity contribution in [1.29, 1.82) is 0 Å². The maximum absolute atomic E-state index is 16.5. The predicted molar refractivity (Wildman–Crippen MR) is 155 cm³/mol. The lowest BCUT2D eigenvalue weighted by atomic mass is 9.99. The Morgan fingerprint density at radius 1 is 1.07 bits per heavy atom. The zero-order valence-corrected chi connectivity index (χ0v) is 23.6. The number of piperazine rings is 1. The molecule has 0 spiro atoms. The molecule has 2 aromatic heterocycles. The predicted octanol–water partition coefficient (Wildman–Crippen LogP) is 4.62. The van der Waals surface area contributed by atoms with Crippen LogP contribution in [-0.2, 0) is 4.74 Å². The lowest BCUT2D eigenvalue weighted by Gasteiger charge is -2.34. The fourth-order valence-electron chi connectivity index (χ4n) is 6.77. The van der Waals surface area contributed by atoms with Gasteiger partial charge in [-0.3, -0.25) is 4.90 Å². The summed E-state index contributed by atoms with van der Waals surface area (Å²) in [6, 6.07) is 7.67. The molecule has 2 atom stereocenters. The summed E-state index contributed by atoms with van der Waals surface area (Å²) in [5.41, 5.74) is 0.520. The molecule has 214 valence electrons. The molecule has 1 aliphatic carbocycles. The van der Waals surface area contributed by atoms with Gasteiger partial charge in [0.15, 0.2) is 5.82 Å². The number of rotatable bonds is 7. The highest BCUT2D eigenvalue weighted by atomic mass is 32.1. The van der Waals surface area contributed by atoms with Crippen molar-refractivity contribution in [3.05, 3.63) is 42.1 Å². The zero-order chi connectivity index (χ0) is 27.6. The van der Waals surface area contributed by atoms with E-state index in [1.807, 2.05) is 6.07 Å². The van der Waals surface area contributed by atoms with E-state index in [0.717, 1.165) is 81.7 Å².